The zero-order valence-electron chi connectivity index (χ0n) is 11.8. The molecule has 0 saturated carbocycles. The van der Waals surface area contributed by atoms with Gasteiger partial charge in [0.25, 0.3) is 11.5 Å². The number of hydrogen-bond acceptors (Lipinski definition) is 3. The van der Waals surface area contributed by atoms with Crippen molar-refractivity contribution < 1.29 is 22.7 Å². The molecule has 0 radical (unpaired) electrons. The summed E-state index contributed by atoms with van der Waals surface area (Å²) in [4.78, 5) is 24.0. The number of nitrogens with zero attached hydrogens (tertiary/aromatic N) is 1. The molecule has 118 valence electrons. The molecule has 0 aliphatic heterocycles. The first-order valence-electron chi connectivity index (χ1n) is 6.25. The zero-order valence-corrected chi connectivity index (χ0v) is 11.8. The number of carbonyl (C=O) groups is 1. The molecule has 1 heterocycles. The number of alkyl halides is 3. The molecule has 0 spiro atoms. The van der Waals surface area contributed by atoms with E-state index in [4.69, 9.17) is 4.74 Å². The van der Waals surface area contributed by atoms with Gasteiger partial charge in [-0.3, -0.25) is 9.59 Å². The van der Waals surface area contributed by atoms with Gasteiger partial charge in [0.05, 0.1) is 7.11 Å². The van der Waals surface area contributed by atoms with Gasteiger partial charge in [0.2, 0.25) is 0 Å². The SMILES string of the molecule is COc1ccc2c(=O)n(C)c(C(=O)NCC(F)(F)F)cc2c1. The molecule has 1 aromatic carbocycles. The van der Waals surface area contributed by atoms with Gasteiger partial charge >= 0.3 is 6.18 Å². The van der Waals surface area contributed by atoms with Crippen LogP contribution in [-0.2, 0) is 7.05 Å². The number of halogens is 3. The summed E-state index contributed by atoms with van der Waals surface area (Å²) in [5, 5.41) is 2.50. The summed E-state index contributed by atoms with van der Waals surface area (Å²) >= 11 is 0. The third kappa shape index (κ3) is 3.21. The summed E-state index contributed by atoms with van der Waals surface area (Å²) in [6.07, 6.45) is -4.52. The number of nitrogens with one attached hydrogen (secondary N) is 1. The molecule has 5 nitrogen and oxygen atoms in total. The van der Waals surface area contributed by atoms with Crippen molar-refractivity contribution in [1.29, 1.82) is 0 Å². The predicted molar refractivity (Wildman–Crippen MR) is 74.1 cm³/mol. The van der Waals surface area contributed by atoms with E-state index in [-0.39, 0.29) is 5.69 Å². The molecular weight excluding hydrogens is 301 g/mol. The van der Waals surface area contributed by atoms with Crippen LogP contribution in [0.15, 0.2) is 29.1 Å². The van der Waals surface area contributed by atoms with Crippen LogP contribution in [-0.4, -0.2) is 30.3 Å². The van der Waals surface area contributed by atoms with Crippen LogP contribution in [0.2, 0.25) is 0 Å². The molecule has 0 bridgehead atoms. The molecule has 0 atom stereocenters. The molecule has 2 rings (SSSR count). The summed E-state index contributed by atoms with van der Waals surface area (Å²) in [5.41, 5.74) is -0.632. The van der Waals surface area contributed by atoms with Crippen LogP contribution in [0.1, 0.15) is 10.5 Å². The van der Waals surface area contributed by atoms with Crippen molar-refractivity contribution in [1.82, 2.24) is 9.88 Å². The van der Waals surface area contributed by atoms with Crippen LogP contribution in [0.5, 0.6) is 5.75 Å². The molecule has 0 aliphatic carbocycles. The highest BCUT2D eigenvalue weighted by Crippen LogP contribution is 2.19. The molecule has 0 aliphatic rings. The molecule has 22 heavy (non-hydrogen) atoms. The lowest BCUT2D eigenvalue weighted by Gasteiger charge is -2.12. The van der Waals surface area contributed by atoms with Crippen molar-refractivity contribution in [2.75, 3.05) is 13.7 Å². The Balaban J connectivity index is 2.47. The number of pyridine rings is 1. The molecule has 0 saturated heterocycles. The lowest BCUT2D eigenvalue weighted by Crippen LogP contribution is -2.36. The Morgan fingerprint density at radius 1 is 1.32 bits per heavy atom. The summed E-state index contributed by atoms with van der Waals surface area (Å²) in [6.45, 7) is -1.46. The van der Waals surface area contributed by atoms with E-state index >= 15 is 0 Å². The standard InChI is InChI=1S/C14H13F3N2O3/c1-19-11(12(20)18-7-14(15,16)17)6-8-5-9(22-2)3-4-10(8)13(19)21/h3-6H,7H2,1-2H3,(H,18,20). The van der Waals surface area contributed by atoms with Gasteiger partial charge < -0.3 is 14.6 Å². The number of hydrogen-bond donors (Lipinski definition) is 1. The minimum Gasteiger partial charge on any atom is -0.497 e. The average molecular weight is 314 g/mol. The van der Waals surface area contributed by atoms with Crippen molar-refractivity contribution in [3.63, 3.8) is 0 Å². The van der Waals surface area contributed by atoms with Gasteiger partial charge in [0.1, 0.15) is 18.0 Å². The van der Waals surface area contributed by atoms with E-state index in [0.717, 1.165) is 4.57 Å². The van der Waals surface area contributed by atoms with E-state index in [1.165, 1.54) is 32.4 Å². The maximum atomic E-state index is 12.2. The van der Waals surface area contributed by atoms with E-state index in [1.54, 1.807) is 11.4 Å². The average Bonchev–Trinajstić information content (AvgIpc) is 2.47. The number of methoxy groups -OCH3 is 1. The molecule has 1 amide bonds. The maximum Gasteiger partial charge on any atom is 0.405 e. The second-order valence-electron chi connectivity index (χ2n) is 4.64. The highest BCUT2D eigenvalue weighted by atomic mass is 19.4. The van der Waals surface area contributed by atoms with Crippen LogP contribution < -0.4 is 15.6 Å². The fourth-order valence-corrected chi connectivity index (χ4v) is 2.01. The highest BCUT2D eigenvalue weighted by Gasteiger charge is 2.28. The fraction of sp³-hybridized carbons (Fsp3) is 0.286. The Labute approximate surface area is 123 Å². The number of aromatic nitrogens is 1. The summed E-state index contributed by atoms with van der Waals surface area (Å²) in [5.74, 6) is -0.496. The van der Waals surface area contributed by atoms with E-state index in [9.17, 15) is 22.8 Å². The van der Waals surface area contributed by atoms with E-state index in [0.29, 0.717) is 16.5 Å². The van der Waals surface area contributed by atoms with Gasteiger partial charge in [0, 0.05) is 12.4 Å². The smallest absolute Gasteiger partial charge is 0.405 e. The molecule has 1 aromatic heterocycles. The quantitative estimate of drug-likeness (QED) is 0.940. The van der Waals surface area contributed by atoms with Gasteiger partial charge in [-0.25, -0.2) is 0 Å². The van der Waals surface area contributed by atoms with Crippen molar-refractivity contribution in [2.45, 2.75) is 6.18 Å². The fourth-order valence-electron chi connectivity index (χ4n) is 2.01. The van der Waals surface area contributed by atoms with Gasteiger partial charge in [-0.2, -0.15) is 13.2 Å². The minimum atomic E-state index is -4.52. The number of ether oxygens (including phenoxy) is 1. The number of amides is 1. The minimum absolute atomic E-state index is 0.157. The number of fused-ring (bicyclic) bond motifs is 1. The van der Waals surface area contributed by atoms with Crippen LogP contribution >= 0.6 is 0 Å². The summed E-state index contributed by atoms with van der Waals surface area (Å²) in [6, 6.07) is 6.02. The monoisotopic (exact) mass is 314 g/mol. The molecule has 1 N–H and O–H groups in total. The predicted octanol–water partition coefficient (Wildman–Crippen LogP) is 1.84. The zero-order chi connectivity index (χ0) is 16.5. The van der Waals surface area contributed by atoms with Crippen LogP contribution in [0.4, 0.5) is 13.2 Å². The molecule has 8 heteroatoms. The van der Waals surface area contributed by atoms with Crippen LogP contribution in [0.3, 0.4) is 0 Å². The van der Waals surface area contributed by atoms with Crippen molar-refractivity contribution in [2.24, 2.45) is 7.05 Å². The van der Waals surface area contributed by atoms with E-state index < -0.39 is 24.2 Å². The Kier molecular flexibility index (Phi) is 4.11. The number of rotatable bonds is 3. The Morgan fingerprint density at radius 3 is 2.59 bits per heavy atom. The second-order valence-corrected chi connectivity index (χ2v) is 4.64. The van der Waals surface area contributed by atoms with Gasteiger partial charge in [-0.15, -0.1) is 0 Å². The number of benzene rings is 1. The normalized spacial score (nSPS) is 11.5. The first-order valence-corrected chi connectivity index (χ1v) is 6.25. The van der Waals surface area contributed by atoms with Gasteiger partial charge in [-0.05, 0) is 29.7 Å². The Bertz CT molecular complexity index is 781. The Hall–Kier alpha value is -2.51. The first-order chi connectivity index (χ1) is 10.2. The van der Waals surface area contributed by atoms with Gasteiger partial charge in [0.15, 0.2) is 0 Å². The molecule has 2 aromatic rings. The van der Waals surface area contributed by atoms with Crippen LogP contribution in [0, 0.1) is 0 Å². The van der Waals surface area contributed by atoms with Crippen molar-refractivity contribution in [3.05, 3.63) is 40.3 Å². The second kappa shape index (κ2) is 5.70. The summed E-state index contributed by atoms with van der Waals surface area (Å²) in [7, 11) is 2.77. The Morgan fingerprint density at radius 2 is 2.00 bits per heavy atom. The summed E-state index contributed by atoms with van der Waals surface area (Å²) < 4.78 is 42.5. The van der Waals surface area contributed by atoms with Crippen LogP contribution in [0.25, 0.3) is 10.8 Å². The third-order valence-corrected chi connectivity index (χ3v) is 3.13. The van der Waals surface area contributed by atoms with Crippen molar-refractivity contribution in [3.8, 4) is 5.75 Å². The third-order valence-electron chi connectivity index (χ3n) is 3.13. The lowest BCUT2D eigenvalue weighted by molar-refractivity contribution is -0.123. The molecule has 0 unspecified atom stereocenters. The topological polar surface area (TPSA) is 60.3 Å². The molecule has 0 fully saturated rings. The number of carbonyl (C=O) groups excluding carboxylic acids is 1. The molecular formula is C14H13F3N2O3. The van der Waals surface area contributed by atoms with Gasteiger partial charge in [-0.1, -0.05) is 0 Å². The van der Waals surface area contributed by atoms with Crippen molar-refractivity contribution >= 4 is 16.7 Å². The van der Waals surface area contributed by atoms with E-state index in [2.05, 4.69) is 0 Å². The van der Waals surface area contributed by atoms with E-state index in [1.807, 2.05) is 0 Å². The highest BCUT2D eigenvalue weighted by molar-refractivity contribution is 5.97. The lowest BCUT2D eigenvalue weighted by atomic mass is 10.1. The largest absolute Gasteiger partial charge is 0.497 e. The first kappa shape index (κ1) is 15.9. The maximum absolute atomic E-state index is 12.2.